The van der Waals surface area contributed by atoms with Crippen molar-refractivity contribution >= 4 is 37.5 Å². The van der Waals surface area contributed by atoms with Crippen molar-refractivity contribution < 1.29 is 21.6 Å². The third kappa shape index (κ3) is 4.21. The minimum atomic E-state index is -4.00. The fourth-order valence-electron chi connectivity index (χ4n) is 2.96. The first kappa shape index (κ1) is 19.7. The van der Waals surface area contributed by atoms with E-state index in [1.807, 2.05) is 0 Å². The zero-order valence-corrected chi connectivity index (χ0v) is 17.2. The molecule has 2 aliphatic rings. The molecule has 2 aromatic rings. The zero-order chi connectivity index (χ0) is 20.8. The predicted molar refractivity (Wildman–Crippen MR) is 108 cm³/mol. The summed E-state index contributed by atoms with van der Waals surface area (Å²) in [7, 11) is -6.13. The molecule has 11 heteroatoms. The Morgan fingerprint density at radius 3 is 2.38 bits per heavy atom. The number of carbonyl (C=O) groups excluding carboxylic acids is 1. The quantitative estimate of drug-likeness (QED) is 0.638. The van der Waals surface area contributed by atoms with E-state index in [1.54, 1.807) is 19.2 Å². The Balaban J connectivity index is 1.59. The Labute approximate surface area is 169 Å². The number of anilines is 2. The highest BCUT2D eigenvalue weighted by Gasteiger charge is 2.29. The number of sulfonamides is 2. The summed E-state index contributed by atoms with van der Waals surface area (Å²) in [4.78, 5) is 12.9. The molecule has 1 heterocycles. The Kier molecular flexibility index (Phi) is 4.75. The van der Waals surface area contributed by atoms with Crippen LogP contribution in [0.5, 0.6) is 0 Å². The topological polar surface area (TPSA) is 125 Å². The number of hydrogen-bond acceptors (Lipinski definition) is 5. The largest absolute Gasteiger partial charge is 0.323 e. The maximum absolute atomic E-state index is 12.8. The normalized spacial score (nSPS) is 16.9. The van der Waals surface area contributed by atoms with Crippen molar-refractivity contribution in [2.45, 2.75) is 35.2 Å². The van der Waals surface area contributed by atoms with Gasteiger partial charge in [-0.05, 0) is 54.8 Å². The minimum absolute atomic E-state index is 0.0764. The molecular formula is C18H20N4O5S2. The molecule has 2 aromatic carbocycles. The van der Waals surface area contributed by atoms with Crippen LogP contribution in [0.2, 0.25) is 0 Å². The lowest BCUT2D eigenvalue weighted by atomic mass is 10.1. The second kappa shape index (κ2) is 7.01. The first-order valence-electron chi connectivity index (χ1n) is 8.94. The molecule has 4 rings (SSSR count). The molecule has 0 aromatic heterocycles. The van der Waals surface area contributed by atoms with Crippen LogP contribution in [0, 0.1) is 0 Å². The molecule has 1 aliphatic carbocycles. The number of rotatable bonds is 6. The van der Waals surface area contributed by atoms with Crippen LogP contribution in [-0.2, 0) is 26.6 Å². The van der Waals surface area contributed by atoms with Gasteiger partial charge in [-0.3, -0.25) is 4.72 Å². The zero-order valence-electron chi connectivity index (χ0n) is 15.5. The lowest BCUT2D eigenvalue weighted by Crippen LogP contribution is -2.35. The standard InChI is InChI=1S/C18H20N4O5S2/c1-22-11-12-9-14(7-8-17(12)19-18(22)23)21-29(26,27)16-4-2-3-15(10-16)28(24,25)20-13-5-6-13/h2-4,7-10,13,20-21H,5-6,11H2,1H3,(H,19,23). The average Bonchev–Trinajstić information content (AvgIpc) is 3.46. The van der Waals surface area contributed by atoms with Gasteiger partial charge >= 0.3 is 6.03 Å². The number of fused-ring (bicyclic) bond motifs is 1. The van der Waals surface area contributed by atoms with Gasteiger partial charge in [0.1, 0.15) is 0 Å². The first-order chi connectivity index (χ1) is 13.6. The number of nitrogens with one attached hydrogen (secondary N) is 3. The van der Waals surface area contributed by atoms with Crippen molar-refractivity contribution in [3.63, 3.8) is 0 Å². The molecule has 9 nitrogen and oxygen atoms in total. The molecule has 154 valence electrons. The van der Waals surface area contributed by atoms with E-state index < -0.39 is 20.0 Å². The maximum Gasteiger partial charge on any atom is 0.321 e. The molecule has 0 atom stereocenters. The summed E-state index contributed by atoms with van der Waals surface area (Å²) in [6.07, 6.45) is 1.57. The van der Waals surface area contributed by atoms with Crippen molar-refractivity contribution in [1.29, 1.82) is 0 Å². The number of urea groups is 1. The van der Waals surface area contributed by atoms with Crippen molar-refractivity contribution in [2.75, 3.05) is 17.1 Å². The van der Waals surface area contributed by atoms with E-state index >= 15 is 0 Å². The summed E-state index contributed by atoms with van der Waals surface area (Å²) in [6, 6.07) is 9.73. The molecule has 0 radical (unpaired) electrons. The molecule has 3 N–H and O–H groups in total. The van der Waals surface area contributed by atoms with Crippen molar-refractivity contribution in [1.82, 2.24) is 9.62 Å². The SMILES string of the molecule is CN1Cc2cc(NS(=O)(=O)c3cccc(S(=O)(=O)NC4CC4)c3)ccc2NC1=O. The van der Waals surface area contributed by atoms with Crippen molar-refractivity contribution in [3.05, 3.63) is 48.0 Å². The summed E-state index contributed by atoms with van der Waals surface area (Å²) in [5.41, 5.74) is 1.70. The molecule has 0 unspecified atom stereocenters. The number of carbonyl (C=O) groups is 1. The van der Waals surface area contributed by atoms with Crippen molar-refractivity contribution in [2.24, 2.45) is 0 Å². The number of amides is 2. The van der Waals surface area contributed by atoms with Gasteiger partial charge in [-0.1, -0.05) is 6.07 Å². The summed E-state index contributed by atoms with van der Waals surface area (Å²) in [5.74, 6) is 0. The van der Waals surface area contributed by atoms with E-state index in [0.29, 0.717) is 17.9 Å². The fourth-order valence-corrected chi connectivity index (χ4v) is 5.48. The minimum Gasteiger partial charge on any atom is -0.323 e. The maximum atomic E-state index is 12.8. The monoisotopic (exact) mass is 436 g/mol. The molecule has 0 spiro atoms. The van der Waals surface area contributed by atoms with E-state index in [0.717, 1.165) is 24.5 Å². The van der Waals surface area contributed by atoms with Crippen LogP contribution in [0.3, 0.4) is 0 Å². The fraction of sp³-hybridized carbons (Fsp3) is 0.278. The van der Waals surface area contributed by atoms with Gasteiger partial charge in [0.25, 0.3) is 10.0 Å². The highest BCUT2D eigenvalue weighted by molar-refractivity contribution is 7.93. The van der Waals surface area contributed by atoms with Crippen LogP contribution in [-0.4, -0.2) is 40.9 Å². The van der Waals surface area contributed by atoms with Gasteiger partial charge in [0.2, 0.25) is 10.0 Å². The first-order valence-corrected chi connectivity index (χ1v) is 11.9. The number of nitrogens with zero attached hydrogens (tertiary/aromatic N) is 1. The molecule has 0 bridgehead atoms. The van der Waals surface area contributed by atoms with Gasteiger partial charge in [0.05, 0.1) is 9.79 Å². The van der Waals surface area contributed by atoms with E-state index in [2.05, 4.69) is 14.8 Å². The molecule has 1 aliphatic heterocycles. The summed E-state index contributed by atoms with van der Waals surface area (Å²) < 4.78 is 55.3. The van der Waals surface area contributed by atoms with Crippen LogP contribution in [0.15, 0.2) is 52.3 Å². The molecular weight excluding hydrogens is 416 g/mol. The van der Waals surface area contributed by atoms with E-state index in [1.165, 1.54) is 29.2 Å². The average molecular weight is 437 g/mol. The Morgan fingerprint density at radius 1 is 1.00 bits per heavy atom. The summed E-state index contributed by atoms with van der Waals surface area (Å²) in [6.45, 7) is 0.345. The molecule has 0 saturated heterocycles. The van der Waals surface area contributed by atoms with Crippen LogP contribution in [0.4, 0.5) is 16.2 Å². The van der Waals surface area contributed by atoms with Crippen LogP contribution in [0.1, 0.15) is 18.4 Å². The highest BCUT2D eigenvalue weighted by atomic mass is 32.2. The van der Waals surface area contributed by atoms with E-state index in [4.69, 9.17) is 0 Å². The number of hydrogen-bond donors (Lipinski definition) is 3. The van der Waals surface area contributed by atoms with Gasteiger partial charge in [-0.15, -0.1) is 0 Å². The highest BCUT2D eigenvalue weighted by Crippen LogP contribution is 2.28. The lowest BCUT2D eigenvalue weighted by molar-refractivity contribution is 0.218. The summed E-state index contributed by atoms with van der Waals surface area (Å²) >= 11 is 0. The second-order valence-electron chi connectivity index (χ2n) is 7.13. The Morgan fingerprint density at radius 2 is 1.69 bits per heavy atom. The van der Waals surface area contributed by atoms with Crippen LogP contribution in [0.25, 0.3) is 0 Å². The molecule has 29 heavy (non-hydrogen) atoms. The molecule has 2 amide bonds. The predicted octanol–water partition coefficient (Wildman–Crippen LogP) is 1.91. The van der Waals surface area contributed by atoms with Gasteiger partial charge in [0.15, 0.2) is 0 Å². The molecule has 1 saturated carbocycles. The lowest BCUT2D eigenvalue weighted by Gasteiger charge is -2.26. The third-order valence-corrected chi connectivity index (χ3v) is 7.58. The van der Waals surface area contributed by atoms with E-state index in [-0.39, 0.29) is 21.9 Å². The van der Waals surface area contributed by atoms with Gasteiger partial charge in [0, 0.05) is 31.0 Å². The Hall–Kier alpha value is -2.63. The van der Waals surface area contributed by atoms with Gasteiger partial charge < -0.3 is 10.2 Å². The van der Waals surface area contributed by atoms with E-state index in [9.17, 15) is 21.6 Å². The van der Waals surface area contributed by atoms with Gasteiger partial charge in [-0.25, -0.2) is 26.4 Å². The number of benzene rings is 2. The van der Waals surface area contributed by atoms with Gasteiger partial charge in [-0.2, -0.15) is 0 Å². The Bertz CT molecular complexity index is 1190. The smallest absolute Gasteiger partial charge is 0.321 e. The second-order valence-corrected chi connectivity index (χ2v) is 10.5. The van der Waals surface area contributed by atoms with Crippen LogP contribution < -0.4 is 14.8 Å². The third-order valence-electron chi connectivity index (χ3n) is 4.68. The molecule has 1 fully saturated rings. The van der Waals surface area contributed by atoms with Crippen molar-refractivity contribution in [3.8, 4) is 0 Å². The summed E-state index contributed by atoms with van der Waals surface area (Å²) in [5, 5.41) is 2.71. The van der Waals surface area contributed by atoms with Crippen LogP contribution >= 0.6 is 0 Å².